The number of unbranched alkanes of at least 4 members (excludes halogenated alkanes) is 2. The molecule has 250 valence electrons. The molecule has 1 aliphatic carbocycles. The Hall–Kier alpha value is -4.74. The maximum Gasteiger partial charge on any atom is 0.158 e. The molecule has 0 radical (unpaired) electrons. The van der Waals surface area contributed by atoms with E-state index in [9.17, 15) is 10.5 Å². The van der Waals surface area contributed by atoms with E-state index in [2.05, 4.69) is 87.2 Å². The topological polar surface area (TPSA) is 69.3 Å². The summed E-state index contributed by atoms with van der Waals surface area (Å²) in [6.07, 6.45) is 19.4. The third-order valence-corrected chi connectivity index (χ3v) is 9.19. The number of methoxy groups -OCH3 is 1. The van der Waals surface area contributed by atoms with Gasteiger partial charge in [-0.1, -0.05) is 107 Å². The highest BCUT2D eigenvalue weighted by atomic mass is 16.5. The average molecular weight is 642 g/mol. The maximum atomic E-state index is 10.2. The number of rotatable bonds is 13. The second-order valence-corrected chi connectivity index (χ2v) is 13.8. The smallest absolute Gasteiger partial charge is 0.158 e. The van der Waals surface area contributed by atoms with E-state index in [0.29, 0.717) is 16.9 Å². The van der Waals surface area contributed by atoms with Crippen molar-refractivity contribution in [3.05, 3.63) is 124 Å². The number of nitrogens with zero attached hydrogens (tertiary/aromatic N) is 3. The van der Waals surface area contributed by atoms with E-state index in [4.69, 9.17) is 9.47 Å². The van der Waals surface area contributed by atoms with E-state index in [0.717, 1.165) is 48.4 Å². The zero-order valence-electron chi connectivity index (χ0n) is 29.9. The summed E-state index contributed by atoms with van der Waals surface area (Å²) in [6.45, 7) is 14.9. The Bertz CT molecular complexity index is 1710. The monoisotopic (exact) mass is 641 g/mol. The highest BCUT2D eigenvalue weighted by molar-refractivity contribution is 5.66. The van der Waals surface area contributed by atoms with Crippen molar-refractivity contribution in [2.75, 3.05) is 25.1 Å². The third-order valence-electron chi connectivity index (χ3n) is 9.19. The summed E-state index contributed by atoms with van der Waals surface area (Å²) in [5.74, 6) is 1.24. The Labute approximate surface area is 288 Å². The Morgan fingerprint density at radius 2 is 1.67 bits per heavy atom. The minimum Gasteiger partial charge on any atom is -0.496 e. The summed E-state index contributed by atoms with van der Waals surface area (Å²) in [5.41, 5.74) is 6.43. The number of hydrogen-bond donors (Lipinski definition) is 0. The normalized spacial score (nSPS) is 20.9. The fourth-order valence-corrected chi connectivity index (χ4v) is 6.60. The molecule has 48 heavy (non-hydrogen) atoms. The van der Waals surface area contributed by atoms with Gasteiger partial charge in [0, 0.05) is 36.0 Å². The van der Waals surface area contributed by atoms with Gasteiger partial charge < -0.3 is 14.4 Å². The van der Waals surface area contributed by atoms with Crippen LogP contribution in [0.15, 0.2) is 113 Å². The minimum absolute atomic E-state index is 0.0903. The molecule has 1 aliphatic heterocycles. The number of anilines is 1. The van der Waals surface area contributed by atoms with E-state index < -0.39 is 5.60 Å². The highest BCUT2D eigenvalue weighted by Gasteiger charge is 2.43. The van der Waals surface area contributed by atoms with Crippen LogP contribution in [-0.2, 0) is 10.3 Å². The first-order valence-corrected chi connectivity index (χ1v) is 17.3. The standard InChI is InChI=1S/C43H51N3O2/c1-8-10-24-46(25-11-9-2)37-23-22-35(40(27-37)47-7)21-20-34-26-33(28-42(4,5)29-34)16-15-19-39-38(31-45)41(32(3)30-44)48-43(39,6)36-17-13-12-14-18-36/h12-23,26-27H,8-11,24-25,28-29H2,1-7H3/b19-15+,21-20+,33-16-,41-32+. The van der Waals surface area contributed by atoms with Gasteiger partial charge in [0.25, 0.3) is 0 Å². The zero-order chi connectivity index (χ0) is 34.7. The van der Waals surface area contributed by atoms with Crippen molar-refractivity contribution in [3.63, 3.8) is 0 Å². The van der Waals surface area contributed by atoms with Gasteiger partial charge in [-0.05, 0) is 73.8 Å². The SMILES string of the molecule is CCCCN(CCCC)c1ccc(/C=C/C2=CC(=C/C=C/C3=C(C#N)C(=C(/C)C#N)/OC3(C)c3ccccc3)/CC(C)(C)C2)c(OC)c1. The quantitative estimate of drug-likeness (QED) is 0.204. The molecule has 0 spiro atoms. The molecule has 1 unspecified atom stereocenters. The van der Waals surface area contributed by atoms with Crippen LogP contribution in [0, 0.1) is 28.1 Å². The van der Waals surface area contributed by atoms with Gasteiger partial charge in [0.15, 0.2) is 11.4 Å². The summed E-state index contributed by atoms with van der Waals surface area (Å²) in [6, 6.07) is 20.9. The molecule has 1 atom stereocenters. The van der Waals surface area contributed by atoms with Crippen LogP contribution in [0.25, 0.3) is 6.08 Å². The predicted molar refractivity (Wildman–Crippen MR) is 198 cm³/mol. The Morgan fingerprint density at radius 1 is 0.958 bits per heavy atom. The fraction of sp³-hybridized carbons (Fsp3) is 0.395. The first kappa shape index (κ1) is 36.1. The molecule has 1 heterocycles. The molecule has 2 aliphatic rings. The first-order chi connectivity index (χ1) is 23.1. The van der Waals surface area contributed by atoms with Crippen molar-refractivity contribution >= 4 is 11.8 Å². The van der Waals surface area contributed by atoms with E-state index in [1.807, 2.05) is 49.4 Å². The number of nitriles is 2. The molecule has 0 saturated heterocycles. The van der Waals surface area contributed by atoms with Crippen molar-refractivity contribution in [1.82, 2.24) is 0 Å². The Balaban J connectivity index is 1.64. The lowest BCUT2D eigenvalue weighted by molar-refractivity contribution is 0.0750. The molecule has 0 fully saturated rings. The van der Waals surface area contributed by atoms with Crippen LogP contribution in [0.3, 0.4) is 0 Å². The van der Waals surface area contributed by atoms with Crippen molar-refractivity contribution in [2.24, 2.45) is 5.41 Å². The fourth-order valence-electron chi connectivity index (χ4n) is 6.60. The van der Waals surface area contributed by atoms with Gasteiger partial charge in [0.2, 0.25) is 0 Å². The lowest BCUT2D eigenvalue weighted by atomic mass is 9.75. The zero-order valence-corrected chi connectivity index (χ0v) is 29.9. The van der Waals surface area contributed by atoms with Crippen LogP contribution in [0.2, 0.25) is 0 Å². The molecular formula is C43H51N3O2. The van der Waals surface area contributed by atoms with Crippen LogP contribution in [-0.4, -0.2) is 20.2 Å². The summed E-state index contributed by atoms with van der Waals surface area (Å²) in [7, 11) is 1.75. The van der Waals surface area contributed by atoms with Crippen molar-refractivity contribution in [2.45, 2.75) is 85.7 Å². The molecule has 0 aromatic heterocycles. The number of allylic oxidation sites excluding steroid dienone is 8. The average Bonchev–Trinajstić information content (AvgIpc) is 3.38. The van der Waals surface area contributed by atoms with Crippen molar-refractivity contribution < 1.29 is 9.47 Å². The predicted octanol–water partition coefficient (Wildman–Crippen LogP) is 10.9. The molecule has 0 N–H and O–H groups in total. The van der Waals surface area contributed by atoms with Gasteiger partial charge in [0.05, 0.1) is 18.8 Å². The maximum absolute atomic E-state index is 10.2. The number of ether oxygens (including phenoxy) is 2. The second kappa shape index (κ2) is 16.4. The van der Waals surface area contributed by atoms with Gasteiger partial charge >= 0.3 is 0 Å². The molecular weight excluding hydrogens is 590 g/mol. The summed E-state index contributed by atoms with van der Waals surface area (Å²) >= 11 is 0. The highest BCUT2D eigenvalue weighted by Crippen LogP contribution is 2.47. The van der Waals surface area contributed by atoms with Gasteiger partial charge in [-0.3, -0.25) is 0 Å². The summed E-state index contributed by atoms with van der Waals surface area (Å²) in [5, 5.41) is 19.8. The van der Waals surface area contributed by atoms with E-state index in [1.54, 1.807) is 14.0 Å². The Kier molecular flexibility index (Phi) is 12.3. The lowest BCUT2D eigenvalue weighted by Gasteiger charge is -2.30. The van der Waals surface area contributed by atoms with Crippen molar-refractivity contribution in [1.29, 1.82) is 10.5 Å². The lowest BCUT2D eigenvalue weighted by Crippen LogP contribution is -2.25. The van der Waals surface area contributed by atoms with Crippen LogP contribution < -0.4 is 9.64 Å². The van der Waals surface area contributed by atoms with Gasteiger partial charge in [0.1, 0.15) is 17.4 Å². The molecule has 5 heteroatoms. The van der Waals surface area contributed by atoms with E-state index in [1.165, 1.54) is 42.5 Å². The van der Waals surface area contributed by atoms with Crippen LogP contribution in [0.4, 0.5) is 5.69 Å². The molecule has 0 saturated carbocycles. The van der Waals surface area contributed by atoms with Gasteiger partial charge in [-0.25, -0.2) is 0 Å². The molecule has 0 amide bonds. The largest absolute Gasteiger partial charge is 0.496 e. The van der Waals surface area contributed by atoms with Crippen LogP contribution in [0.1, 0.15) is 91.2 Å². The molecule has 4 rings (SSSR count). The van der Waals surface area contributed by atoms with Crippen LogP contribution in [0.5, 0.6) is 5.75 Å². The third kappa shape index (κ3) is 8.59. The summed E-state index contributed by atoms with van der Waals surface area (Å²) in [4.78, 5) is 2.48. The molecule has 2 aromatic carbocycles. The van der Waals surface area contributed by atoms with Gasteiger partial charge in [-0.15, -0.1) is 0 Å². The number of hydrogen-bond acceptors (Lipinski definition) is 5. The van der Waals surface area contributed by atoms with Crippen molar-refractivity contribution in [3.8, 4) is 17.9 Å². The minimum atomic E-state index is -0.887. The van der Waals surface area contributed by atoms with E-state index in [-0.39, 0.29) is 5.41 Å². The molecule has 0 bridgehead atoms. The second-order valence-electron chi connectivity index (χ2n) is 13.8. The first-order valence-electron chi connectivity index (χ1n) is 17.3. The Morgan fingerprint density at radius 3 is 2.29 bits per heavy atom. The molecule has 2 aromatic rings. The van der Waals surface area contributed by atoms with E-state index >= 15 is 0 Å². The van der Waals surface area contributed by atoms with Gasteiger partial charge in [-0.2, -0.15) is 10.5 Å². The summed E-state index contributed by atoms with van der Waals surface area (Å²) < 4.78 is 12.3. The van der Waals surface area contributed by atoms with Crippen LogP contribution >= 0.6 is 0 Å². The number of benzene rings is 2. The molecule has 5 nitrogen and oxygen atoms in total.